The van der Waals surface area contributed by atoms with Gasteiger partial charge in [0.05, 0.1) is 0 Å². The molecule has 152 valence electrons. The highest BCUT2D eigenvalue weighted by Gasteiger charge is 2.31. The van der Waals surface area contributed by atoms with E-state index in [1.165, 1.54) is 24.3 Å². The number of carbonyl (C=O) groups excluding carboxylic acids is 1. The molecule has 29 heavy (non-hydrogen) atoms. The second-order valence-corrected chi connectivity index (χ2v) is 6.14. The summed E-state index contributed by atoms with van der Waals surface area (Å²) in [6.45, 7) is 4.89. The van der Waals surface area contributed by atoms with Crippen molar-refractivity contribution >= 4 is 5.91 Å². The van der Waals surface area contributed by atoms with Gasteiger partial charge in [-0.25, -0.2) is 4.98 Å². The number of hydrogen-bond donors (Lipinski definition) is 1. The first-order valence-corrected chi connectivity index (χ1v) is 8.99. The lowest BCUT2D eigenvalue weighted by Gasteiger charge is -2.16. The molecule has 1 heterocycles. The normalized spacial score (nSPS) is 11.3. The van der Waals surface area contributed by atoms with Crippen LogP contribution >= 0.6 is 0 Å². The van der Waals surface area contributed by atoms with Crippen molar-refractivity contribution in [1.29, 1.82) is 0 Å². The molecular weight excluding hydrogens is 385 g/mol. The summed E-state index contributed by atoms with van der Waals surface area (Å²) >= 11 is 0. The zero-order valence-corrected chi connectivity index (χ0v) is 15.8. The molecule has 0 atom stereocenters. The fraction of sp³-hybridized carbons (Fsp3) is 0.250. The van der Waals surface area contributed by atoms with Crippen LogP contribution < -0.4 is 4.74 Å². The number of hydrogen-bond acceptors (Lipinski definition) is 4. The van der Waals surface area contributed by atoms with Gasteiger partial charge in [0.25, 0.3) is 5.91 Å². The fourth-order valence-electron chi connectivity index (χ4n) is 2.83. The number of aromatic amines is 1. The molecule has 3 aromatic rings. The van der Waals surface area contributed by atoms with Gasteiger partial charge in [-0.2, -0.15) is 5.10 Å². The highest BCUT2D eigenvalue weighted by molar-refractivity contribution is 5.90. The van der Waals surface area contributed by atoms with Gasteiger partial charge in [0, 0.05) is 18.7 Å². The molecule has 0 fully saturated rings. The van der Waals surface area contributed by atoms with E-state index in [1.807, 2.05) is 19.9 Å². The summed E-state index contributed by atoms with van der Waals surface area (Å²) in [5.74, 6) is -0.00164. The quantitative estimate of drug-likeness (QED) is 0.656. The van der Waals surface area contributed by atoms with Crippen molar-refractivity contribution in [2.75, 3.05) is 13.1 Å². The van der Waals surface area contributed by atoms with Crippen molar-refractivity contribution in [3.63, 3.8) is 0 Å². The molecule has 3 rings (SSSR count). The lowest BCUT2D eigenvalue weighted by atomic mass is 10.0. The van der Waals surface area contributed by atoms with Crippen LogP contribution in [-0.2, 0) is 0 Å². The minimum absolute atomic E-state index is 0.155. The molecule has 0 aliphatic heterocycles. The highest BCUT2D eigenvalue weighted by atomic mass is 19.4. The average Bonchev–Trinajstić information content (AvgIpc) is 3.18. The molecule has 1 amide bonds. The maximum Gasteiger partial charge on any atom is 0.573 e. The van der Waals surface area contributed by atoms with E-state index >= 15 is 0 Å². The van der Waals surface area contributed by atoms with Crippen LogP contribution in [0, 0.1) is 0 Å². The number of rotatable bonds is 6. The van der Waals surface area contributed by atoms with E-state index in [9.17, 15) is 18.0 Å². The van der Waals surface area contributed by atoms with Crippen molar-refractivity contribution in [3.8, 4) is 28.3 Å². The Morgan fingerprint density at radius 1 is 1.03 bits per heavy atom. The molecule has 0 aliphatic carbocycles. The highest BCUT2D eigenvalue weighted by Crippen LogP contribution is 2.28. The van der Waals surface area contributed by atoms with Crippen LogP contribution in [0.1, 0.15) is 24.5 Å². The summed E-state index contributed by atoms with van der Waals surface area (Å²) in [6.07, 6.45) is -4.73. The van der Waals surface area contributed by atoms with Gasteiger partial charge in [-0.3, -0.25) is 9.89 Å². The lowest BCUT2D eigenvalue weighted by molar-refractivity contribution is -0.274. The Bertz CT molecular complexity index is 980. The van der Waals surface area contributed by atoms with Crippen LogP contribution in [0.4, 0.5) is 13.2 Å². The largest absolute Gasteiger partial charge is 0.573 e. The fourth-order valence-corrected chi connectivity index (χ4v) is 2.83. The minimum Gasteiger partial charge on any atom is -0.406 e. The predicted molar refractivity (Wildman–Crippen MR) is 101 cm³/mol. The SMILES string of the molecule is CCN(CC)C(=O)c1nc(-c2cccc(-c3ccc(OC(F)(F)F)cc3)c2)n[nH]1. The number of carbonyl (C=O) groups is 1. The average molecular weight is 404 g/mol. The molecule has 1 aromatic heterocycles. The summed E-state index contributed by atoms with van der Waals surface area (Å²) in [4.78, 5) is 18.3. The van der Waals surface area contributed by atoms with E-state index in [0.29, 0.717) is 30.0 Å². The Balaban J connectivity index is 1.82. The Labute approximate surface area is 165 Å². The Hall–Kier alpha value is -3.36. The number of benzene rings is 2. The van der Waals surface area contributed by atoms with Crippen molar-refractivity contribution in [2.24, 2.45) is 0 Å². The van der Waals surface area contributed by atoms with E-state index in [-0.39, 0.29) is 17.5 Å². The molecule has 0 spiro atoms. The van der Waals surface area contributed by atoms with E-state index in [2.05, 4.69) is 19.9 Å². The van der Waals surface area contributed by atoms with Crippen LogP contribution in [0.3, 0.4) is 0 Å². The van der Waals surface area contributed by atoms with Crippen LogP contribution in [0.5, 0.6) is 5.75 Å². The number of nitrogens with one attached hydrogen (secondary N) is 1. The first-order chi connectivity index (χ1) is 13.8. The van der Waals surface area contributed by atoms with Gasteiger partial charge in [-0.05, 0) is 43.2 Å². The third-order valence-corrected chi connectivity index (χ3v) is 4.28. The molecule has 0 unspecified atom stereocenters. The monoisotopic (exact) mass is 404 g/mol. The maximum atomic E-state index is 12.4. The van der Waals surface area contributed by atoms with Gasteiger partial charge < -0.3 is 9.64 Å². The summed E-state index contributed by atoms with van der Waals surface area (Å²) < 4.78 is 40.8. The number of ether oxygens (including phenoxy) is 1. The van der Waals surface area contributed by atoms with Crippen molar-refractivity contribution in [2.45, 2.75) is 20.2 Å². The lowest BCUT2D eigenvalue weighted by Crippen LogP contribution is -2.31. The second-order valence-electron chi connectivity index (χ2n) is 6.14. The number of aromatic nitrogens is 3. The molecule has 9 heteroatoms. The van der Waals surface area contributed by atoms with E-state index in [1.54, 1.807) is 23.1 Å². The second kappa shape index (κ2) is 8.34. The van der Waals surface area contributed by atoms with Crippen molar-refractivity contribution in [3.05, 3.63) is 54.4 Å². The van der Waals surface area contributed by atoms with E-state index < -0.39 is 6.36 Å². The molecule has 2 aromatic carbocycles. The molecular formula is C20H19F3N4O2. The number of nitrogens with zero attached hydrogens (tertiary/aromatic N) is 3. The summed E-state index contributed by atoms with van der Waals surface area (Å²) in [6, 6.07) is 12.8. The van der Waals surface area contributed by atoms with Crippen LogP contribution in [-0.4, -0.2) is 45.4 Å². The van der Waals surface area contributed by atoms with Crippen LogP contribution in [0.2, 0.25) is 0 Å². The summed E-state index contributed by atoms with van der Waals surface area (Å²) in [5.41, 5.74) is 2.15. The third-order valence-electron chi connectivity index (χ3n) is 4.28. The standard InChI is InChI=1S/C20H19F3N4O2/c1-3-27(4-2)19(28)18-24-17(25-26-18)15-7-5-6-14(12-15)13-8-10-16(11-9-13)29-20(21,22)23/h5-12H,3-4H2,1-2H3,(H,24,25,26). The summed E-state index contributed by atoms with van der Waals surface area (Å²) in [5, 5.41) is 6.79. The number of alkyl halides is 3. The predicted octanol–water partition coefficient (Wildman–Crippen LogP) is 4.52. The Kier molecular flexibility index (Phi) is 5.86. The third kappa shape index (κ3) is 4.92. The van der Waals surface area contributed by atoms with Crippen LogP contribution in [0.15, 0.2) is 48.5 Å². The number of H-pyrrole nitrogens is 1. The molecule has 1 N–H and O–H groups in total. The zero-order valence-electron chi connectivity index (χ0n) is 15.8. The van der Waals surface area contributed by atoms with Crippen LogP contribution in [0.25, 0.3) is 22.5 Å². The van der Waals surface area contributed by atoms with Gasteiger partial charge in [0.15, 0.2) is 5.82 Å². The van der Waals surface area contributed by atoms with Gasteiger partial charge >= 0.3 is 6.36 Å². The maximum absolute atomic E-state index is 12.4. The van der Waals surface area contributed by atoms with E-state index in [0.717, 1.165) is 5.56 Å². The Morgan fingerprint density at radius 3 is 2.31 bits per heavy atom. The minimum atomic E-state index is -4.73. The Morgan fingerprint density at radius 2 is 1.69 bits per heavy atom. The zero-order chi connectivity index (χ0) is 21.0. The van der Waals surface area contributed by atoms with E-state index in [4.69, 9.17) is 0 Å². The van der Waals surface area contributed by atoms with Crippen molar-refractivity contribution < 1.29 is 22.7 Å². The molecule has 0 saturated heterocycles. The van der Waals surface area contributed by atoms with Gasteiger partial charge in [-0.1, -0.05) is 30.3 Å². The number of amides is 1. The van der Waals surface area contributed by atoms with Gasteiger partial charge in [-0.15, -0.1) is 13.2 Å². The topological polar surface area (TPSA) is 71.1 Å². The molecule has 0 bridgehead atoms. The van der Waals surface area contributed by atoms with Crippen molar-refractivity contribution in [1.82, 2.24) is 20.1 Å². The first kappa shape index (κ1) is 20.4. The molecule has 6 nitrogen and oxygen atoms in total. The first-order valence-electron chi connectivity index (χ1n) is 8.99. The van der Waals surface area contributed by atoms with Gasteiger partial charge in [0.2, 0.25) is 5.82 Å². The van der Waals surface area contributed by atoms with Gasteiger partial charge in [0.1, 0.15) is 5.75 Å². The molecule has 0 radical (unpaired) electrons. The molecule has 0 aliphatic rings. The molecule has 0 saturated carbocycles. The smallest absolute Gasteiger partial charge is 0.406 e. The summed E-state index contributed by atoms with van der Waals surface area (Å²) in [7, 11) is 0. The number of halogens is 3.